The van der Waals surface area contributed by atoms with Crippen LogP contribution in [0.25, 0.3) is 0 Å². The lowest BCUT2D eigenvalue weighted by atomic mass is 10.2. The Kier molecular flexibility index (Phi) is 5.19. The molecule has 28 heavy (non-hydrogen) atoms. The van der Waals surface area contributed by atoms with Gasteiger partial charge in [-0.2, -0.15) is 15.6 Å². The van der Waals surface area contributed by atoms with Gasteiger partial charge in [0.1, 0.15) is 5.75 Å². The molecule has 7 nitrogen and oxygen atoms in total. The van der Waals surface area contributed by atoms with Gasteiger partial charge in [0.05, 0.1) is 29.8 Å². The number of aromatic nitrogens is 1. The highest BCUT2D eigenvalue weighted by atomic mass is 32.2. The molecule has 1 N–H and O–H groups in total. The summed E-state index contributed by atoms with van der Waals surface area (Å²) < 4.78 is 32.4. The number of rotatable bonds is 5. The van der Waals surface area contributed by atoms with Crippen LogP contribution in [-0.2, 0) is 23.0 Å². The Hall–Kier alpha value is -2.27. The number of methoxy groups -OCH3 is 1. The third-order valence-electron chi connectivity index (χ3n) is 4.40. The largest absolute Gasteiger partial charge is 0.497 e. The van der Waals surface area contributed by atoms with E-state index in [1.807, 2.05) is 5.38 Å². The predicted molar refractivity (Wildman–Crippen MR) is 109 cm³/mol. The molecule has 3 heterocycles. The molecule has 3 aromatic rings. The smallest absolute Gasteiger partial charge is 0.258 e. The summed E-state index contributed by atoms with van der Waals surface area (Å²) in [4.78, 5) is 17.7. The van der Waals surface area contributed by atoms with Gasteiger partial charge in [-0.1, -0.05) is 0 Å². The van der Waals surface area contributed by atoms with Gasteiger partial charge in [-0.15, -0.1) is 11.3 Å². The summed E-state index contributed by atoms with van der Waals surface area (Å²) in [7, 11) is -2.07. The molecule has 0 saturated heterocycles. The highest BCUT2D eigenvalue weighted by Gasteiger charge is 2.30. The number of hydrogen-bond donors (Lipinski definition) is 1. The van der Waals surface area contributed by atoms with Gasteiger partial charge in [-0.05, 0) is 35.7 Å². The van der Waals surface area contributed by atoms with Crippen LogP contribution in [0, 0.1) is 0 Å². The molecular weight excluding hydrogens is 418 g/mol. The van der Waals surface area contributed by atoms with Gasteiger partial charge >= 0.3 is 0 Å². The van der Waals surface area contributed by atoms with Crippen molar-refractivity contribution < 1.29 is 17.9 Å². The van der Waals surface area contributed by atoms with Crippen LogP contribution in [0.2, 0.25) is 0 Å². The molecule has 0 fully saturated rings. The Labute approximate surface area is 170 Å². The molecule has 0 aliphatic carbocycles. The monoisotopic (exact) mass is 435 g/mol. The van der Waals surface area contributed by atoms with Crippen molar-refractivity contribution >= 4 is 43.7 Å². The van der Waals surface area contributed by atoms with Crippen LogP contribution in [0.5, 0.6) is 5.75 Å². The first-order valence-electron chi connectivity index (χ1n) is 8.44. The van der Waals surface area contributed by atoms with Crippen molar-refractivity contribution in [3.05, 3.63) is 57.2 Å². The number of carbonyl (C=O) groups is 1. The molecule has 0 radical (unpaired) electrons. The van der Waals surface area contributed by atoms with Crippen molar-refractivity contribution in [1.82, 2.24) is 9.29 Å². The molecule has 0 spiro atoms. The van der Waals surface area contributed by atoms with Gasteiger partial charge in [0.2, 0.25) is 10.0 Å². The Morgan fingerprint density at radius 2 is 2.04 bits per heavy atom. The zero-order chi connectivity index (χ0) is 19.7. The van der Waals surface area contributed by atoms with E-state index in [9.17, 15) is 13.2 Å². The summed E-state index contributed by atoms with van der Waals surface area (Å²) in [6.45, 7) is 0.596. The number of nitrogens with one attached hydrogen (secondary N) is 1. The molecule has 1 aliphatic heterocycles. The highest BCUT2D eigenvalue weighted by molar-refractivity contribution is 7.89. The van der Waals surface area contributed by atoms with Crippen molar-refractivity contribution in [2.45, 2.75) is 17.9 Å². The first-order chi connectivity index (χ1) is 13.5. The number of ether oxygens (including phenoxy) is 1. The van der Waals surface area contributed by atoms with E-state index in [1.165, 1.54) is 34.1 Å². The van der Waals surface area contributed by atoms with E-state index in [0.29, 0.717) is 29.4 Å². The van der Waals surface area contributed by atoms with Gasteiger partial charge in [0, 0.05) is 23.2 Å². The van der Waals surface area contributed by atoms with Crippen molar-refractivity contribution in [2.24, 2.45) is 0 Å². The fraction of sp³-hybridized carbons (Fsp3) is 0.222. The van der Waals surface area contributed by atoms with Crippen LogP contribution in [0.15, 0.2) is 46.0 Å². The highest BCUT2D eigenvalue weighted by Crippen LogP contribution is 2.31. The lowest BCUT2D eigenvalue weighted by molar-refractivity contribution is 0.102. The second-order valence-corrected chi connectivity index (χ2v) is 9.92. The van der Waals surface area contributed by atoms with Gasteiger partial charge in [-0.3, -0.25) is 10.1 Å². The van der Waals surface area contributed by atoms with Crippen LogP contribution < -0.4 is 10.1 Å². The topological polar surface area (TPSA) is 88.6 Å². The van der Waals surface area contributed by atoms with Crippen LogP contribution in [0.3, 0.4) is 0 Å². The Morgan fingerprint density at radius 3 is 2.71 bits per heavy atom. The Bertz CT molecular complexity index is 1090. The molecule has 4 rings (SSSR count). The molecule has 146 valence electrons. The summed E-state index contributed by atoms with van der Waals surface area (Å²) in [6.07, 6.45) is 0.509. The number of sulfonamides is 1. The minimum atomic E-state index is -3.61. The maximum absolute atomic E-state index is 12.9. The molecule has 1 aliphatic rings. The van der Waals surface area contributed by atoms with E-state index < -0.39 is 10.0 Å². The fourth-order valence-electron chi connectivity index (χ4n) is 2.89. The minimum Gasteiger partial charge on any atom is -0.497 e. The standard InChI is InChI=1S/C18H17N3O4S3/c1-25-13-2-4-14(5-3-13)28(23,24)21-8-6-15-16(10-21)27-18(19-15)20-17(22)12-7-9-26-11-12/h2-5,7,9,11H,6,8,10H2,1H3,(H,19,20,22). The van der Waals surface area contributed by atoms with Gasteiger partial charge < -0.3 is 4.74 Å². The van der Waals surface area contributed by atoms with Crippen molar-refractivity contribution in [3.8, 4) is 5.75 Å². The molecule has 0 unspecified atom stereocenters. The Morgan fingerprint density at radius 1 is 1.25 bits per heavy atom. The van der Waals surface area contributed by atoms with E-state index in [0.717, 1.165) is 10.6 Å². The summed E-state index contributed by atoms with van der Waals surface area (Å²) in [5.41, 5.74) is 1.42. The first-order valence-corrected chi connectivity index (χ1v) is 11.6. The van der Waals surface area contributed by atoms with Crippen LogP contribution in [-0.4, -0.2) is 37.3 Å². The van der Waals surface area contributed by atoms with E-state index in [2.05, 4.69) is 10.3 Å². The molecular formula is C18H17N3O4S3. The zero-order valence-corrected chi connectivity index (χ0v) is 17.4. The lowest BCUT2D eigenvalue weighted by Gasteiger charge is -2.25. The second kappa shape index (κ2) is 7.63. The number of hydrogen-bond acceptors (Lipinski definition) is 7. The number of amides is 1. The number of nitrogens with zero attached hydrogens (tertiary/aromatic N) is 2. The third-order valence-corrected chi connectivity index (χ3v) is 7.94. The lowest BCUT2D eigenvalue weighted by Crippen LogP contribution is -2.35. The van der Waals surface area contributed by atoms with Crippen LogP contribution in [0.1, 0.15) is 20.9 Å². The molecule has 10 heteroatoms. The molecule has 0 saturated carbocycles. The van der Waals surface area contributed by atoms with Crippen LogP contribution >= 0.6 is 22.7 Å². The first kappa shape index (κ1) is 19.1. The van der Waals surface area contributed by atoms with Crippen molar-refractivity contribution in [2.75, 3.05) is 19.0 Å². The van der Waals surface area contributed by atoms with E-state index in [4.69, 9.17) is 4.74 Å². The van der Waals surface area contributed by atoms with Crippen LogP contribution in [0.4, 0.5) is 5.13 Å². The summed E-state index contributed by atoms with van der Waals surface area (Å²) >= 11 is 2.77. The number of fused-ring (bicyclic) bond motifs is 1. The van der Waals surface area contributed by atoms with Crippen molar-refractivity contribution in [1.29, 1.82) is 0 Å². The van der Waals surface area contributed by atoms with Gasteiger partial charge in [0.15, 0.2) is 5.13 Å². The number of thiophene rings is 1. The average molecular weight is 436 g/mol. The SMILES string of the molecule is COc1ccc(S(=O)(=O)N2CCc3nc(NC(=O)c4ccsc4)sc3C2)cc1. The van der Waals surface area contributed by atoms with E-state index in [-0.39, 0.29) is 17.3 Å². The molecule has 0 bridgehead atoms. The molecule has 0 atom stereocenters. The van der Waals surface area contributed by atoms with Gasteiger partial charge in [0.25, 0.3) is 5.91 Å². The van der Waals surface area contributed by atoms with Gasteiger partial charge in [-0.25, -0.2) is 13.4 Å². The maximum Gasteiger partial charge on any atom is 0.258 e. The summed E-state index contributed by atoms with van der Waals surface area (Å²) in [5, 5.41) is 6.89. The molecule has 2 aromatic heterocycles. The second-order valence-electron chi connectivity index (χ2n) is 6.12. The maximum atomic E-state index is 12.9. The minimum absolute atomic E-state index is 0.213. The molecule has 1 amide bonds. The van der Waals surface area contributed by atoms with E-state index in [1.54, 1.807) is 35.7 Å². The average Bonchev–Trinajstić information content (AvgIpc) is 3.36. The number of thiazole rings is 1. The number of carbonyl (C=O) groups excluding carboxylic acids is 1. The summed E-state index contributed by atoms with van der Waals surface area (Å²) in [6, 6.07) is 8.10. The Balaban J connectivity index is 1.51. The quantitative estimate of drug-likeness (QED) is 0.665. The fourth-order valence-corrected chi connectivity index (χ4v) is 6.04. The van der Waals surface area contributed by atoms with E-state index >= 15 is 0 Å². The van der Waals surface area contributed by atoms with Crippen molar-refractivity contribution in [3.63, 3.8) is 0 Å². The normalized spacial score (nSPS) is 14.5. The number of anilines is 1. The summed E-state index contributed by atoms with van der Waals surface area (Å²) in [5.74, 6) is 0.392. The predicted octanol–water partition coefficient (Wildman–Crippen LogP) is 3.21. The molecule has 1 aromatic carbocycles. The third kappa shape index (κ3) is 3.68. The zero-order valence-electron chi connectivity index (χ0n) is 14.9. The number of benzene rings is 1.